The van der Waals surface area contributed by atoms with Gasteiger partial charge < -0.3 is 5.32 Å². The molecule has 1 aromatic heterocycles. The fourth-order valence-corrected chi connectivity index (χ4v) is 2.08. The van der Waals surface area contributed by atoms with Crippen molar-refractivity contribution in [3.05, 3.63) is 0 Å². The zero-order valence-electron chi connectivity index (χ0n) is 8.82. The van der Waals surface area contributed by atoms with Crippen molar-refractivity contribution in [3.8, 4) is 0 Å². The molecule has 0 aliphatic heterocycles. The molecular weight excluding hydrogens is 178 g/mol. The summed E-state index contributed by atoms with van der Waals surface area (Å²) < 4.78 is 1.66. The minimum atomic E-state index is 0.436. The van der Waals surface area contributed by atoms with E-state index in [1.807, 2.05) is 7.05 Å². The number of anilines is 1. The maximum absolute atomic E-state index is 3.90. The van der Waals surface area contributed by atoms with E-state index in [0.717, 1.165) is 12.5 Å². The Hall–Kier alpha value is -1.13. The number of hydrogen-bond acceptors (Lipinski definition) is 4. The van der Waals surface area contributed by atoms with Gasteiger partial charge in [-0.05, 0) is 28.7 Å². The van der Waals surface area contributed by atoms with E-state index in [-0.39, 0.29) is 0 Å². The molecule has 1 N–H and O–H groups in total. The Morgan fingerprint density at radius 2 is 2.14 bits per heavy atom. The van der Waals surface area contributed by atoms with E-state index in [0.29, 0.717) is 5.41 Å². The Morgan fingerprint density at radius 1 is 1.43 bits per heavy atom. The monoisotopic (exact) mass is 195 g/mol. The lowest BCUT2D eigenvalue weighted by molar-refractivity contribution is 0.360. The van der Waals surface area contributed by atoms with Crippen LogP contribution in [-0.4, -0.2) is 26.8 Å². The molecule has 1 aliphatic rings. The van der Waals surface area contributed by atoms with E-state index in [2.05, 4.69) is 27.8 Å². The number of hydrogen-bond donors (Lipinski definition) is 1. The molecule has 2 rings (SSSR count). The number of aryl methyl sites for hydroxylation is 1. The minimum Gasteiger partial charge on any atom is -0.353 e. The normalized spacial score (nSPS) is 19.9. The third kappa shape index (κ3) is 1.86. The minimum absolute atomic E-state index is 0.436. The van der Waals surface area contributed by atoms with E-state index in [4.69, 9.17) is 0 Å². The first-order valence-corrected chi connectivity index (χ1v) is 5.16. The van der Waals surface area contributed by atoms with Gasteiger partial charge in [0.05, 0.1) is 0 Å². The van der Waals surface area contributed by atoms with Gasteiger partial charge in [0.1, 0.15) is 0 Å². The number of rotatable bonds is 3. The molecule has 5 nitrogen and oxygen atoms in total. The van der Waals surface area contributed by atoms with E-state index in [9.17, 15) is 0 Å². The fraction of sp³-hybridized carbons (Fsp3) is 0.889. The molecule has 0 bridgehead atoms. The number of tetrazole rings is 1. The van der Waals surface area contributed by atoms with Crippen LogP contribution in [0.1, 0.15) is 32.6 Å². The summed E-state index contributed by atoms with van der Waals surface area (Å²) in [5.74, 6) is 0.762. The van der Waals surface area contributed by atoms with Crippen LogP contribution in [0.4, 0.5) is 5.95 Å². The van der Waals surface area contributed by atoms with Crippen molar-refractivity contribution in [3.63, 3.8) is 0 Å². The summed E-state index contributed by atoms with van der Waals surface area (Å²) in [5.41, 5.74) is 0.436. The van der Waals surface area contributed by atoms with Gasteiger partial charge in [0, 0.05) is 13.6 Å². The van der Waals surface area contributed by atoms with Gasteiger partial charge in [-0.2, -0.15) is 0 Å². The molecule has 1 heterocycles. The zero-order valence-corrected chi connectivity index (χ0v) is 8.82. The maximum Gasteiger partial charge on any atom is 0.242 e. The van der Waals surface area contributed by atoms with Gasteiger partial charge in [-0.15, -0.1) is 0 Å². The number of nitrogens with zero attached hydrogens (tertiary/aromatic N) is 4. The predicted octanol–water partition coefficient (Wildman–Crippen LogP) is 1.20. The Bertz CT molecular complexity index is 300. The molecule has 0 radical (unpaired) electrons. The van der Waals surface area contributed by atoms with Crippen LogP contribution >= 0.6 is 0 Å². The van der Waals surface area contributed by atoms with Gasteiger partial charge in [-0.3, -0.25) is 0 Å². The predicted molar refractivity (Wildman–Crippen MR) is 53.9 cm³/mol. The molecule has 1 aromatic rings. The van der Waals surface area contributed by atoms with Crippen LogP contribution in [0.3, 0.4) is 0 Å². The van der Waals surface area contributed by atoms with Gasteiger partial charge in [0.2, 0.25) is 5.95 Å². The third-order valence-electron chi connectivity index (χ3n) is 3.10. The largest absolute Gasteiger partial charge is 0.353 e. The molecule has 0 unspecified atom stereocenters. The van der Waals surface area contributed by atoms with E-state index in [1.165, 1.54) is 25.7 Å². The Labute approximate surface area is 83.9 Å². The summed E-state index contributed by atoms with van der Waals surface area (Å²) in [7, 11) is 1.85. The molecule has 1 fully saturated rings. The summed E-state index contributed by atoms with van der Waals surface area (Å²) in [5, 5.41) is 14.6. The smallest absolute Gasteiger partial charge is 0.242 e. The quantitative estimate of drug-likeness (QED) is 0.787. The zero-order chi connectivity index (χ0) is 10.0. The van der Waals surface area contributed by atoms with E-state index in [1.54, 1.807) is 4.68 Å². The van der Waals surface area contributed by atoms with Crippen molar-refractivity contribution in [1.82, 2.24) is 20.2 Å². The second-order valence-electron chi connectivity index (χ2n) is 4.50. The molecular formula is C9H17N5. The molecule has 0 saturated heterocycles. The van der Waals surface area contributed by atoms with Crippen LogP contribution in [0.2, 0.25) is 0 Å². The summed E-state index contributed by atoms with van der Waals surface area (Å²) in [6, 6.07) is 0. The van der Waals surface area contributed by atoms with Gasteiger partial charge in [-0.25, -0.2) is 4.68 Å². The molecule has 0 amide bonds. The summed E-state index contributed by atoms with van der Waals surface area (Å²) in [6.45, 7) is 3.30. The van der Waals surface area contributed by atoms with Crippen molar-refractivity contribution in [2.45, 2.75) is 32.6 Å². The van der Waals surface area contributed by atoms with Crippen LogP contribution in [0.15, 0.2) is 0 Å². The van der Waals surface area contributed by atoms with Crippen LogP contribution < -0.4 is 5.32 Å². The molecule has 0 atom stereocenters. The lowest BCUT2D eigenvalue weighted by Gasteiger charge is -2.23. The van der Waals surface area contributed by atoms with Crippen LogP contribution in [0, 0.1) is 5.41 Å². The SMILES string of the molecule is Cn1nnnc1NCC1(C)CCCC1. The maximum atomic E-state index is 3.90. The highest BCUT2D eigenvalue weighted by atomic mass is 15.6. The van der Waals surface area contributed by atoms with Crippen molar-refractivity contribution >= 4 is 5.95 Å². The van der Waals surface area contributed by atoms with Crippen molar-refractivity contribution in [2.75, 3.05) is 11.9 Å². The van der Waals surface area contributed by atoms with E-state index >= 15 is 0 Å². The van der Waals surface area contributed by atoms with Gasteiger partial charge >= 0.3 is 0 Å². The average molecular weight is 195 g/mol. The number of aromatic nitrogens is 4. The first-order chi connectivity index (χ1) is 6.70. The summed E-state index contributed by atoms with van der Waals surface area (Å²) >= 11 is 0. The Balaban J connectivity index is 1.91. The standard InChI is InChI=1S/C9H17N5/c1-9(5-3-4-6-9)7-10-8-11-12-13-14(8)2/h3-7H2,1-2H3,(H,10,11,13). The fourth-order valence-electron chi connectivity index (χ4n) is 2.08. The van der Waals surface area contributed by atoms with Crippen LogP contribution in [0.5, 0.6) is 0 Å². The van der Waals surface area contributed by atoms with Gasteiger partial charge in [-0.1, -0.05) is 24.9 Å². The van der Waals surface area contributed by atoms with Gasteiger partial charge in [0.15, 0.2) is 0 Å². The Kier molecular flexibility index (Phi) is 2.39. The lowest BCUT2D eigenvalue weighted by atomic mass is 9.89. The van der Waals surface area contributed by atoms with E-state index < -0.39 is 0 Å². The second kappa shape index (κ2) is 3.55. The highest BCUT2D eigenvalue weighted by Gasteiger charge is 2.28. The molecule has 5 heteroatoms. The van der Waals surface area contributed by atoms with Crippen LogP contribution in [-0.2, 0) is 7.05 Å². The Morgan fingerprint density at radius 3 is 2.71 bits per heavy atom. The lowest BCUT2D eigenvalue weighted by Crippen LogP contribution is -2.24. The second-order valence-corrected chi connectivity index (χ2v) is 4.50. The average Bonchev–Trinajstić information content (AvgIpc) is 2.73. The third-order valence-corrected chi connectivity index (χ3v) is 3.10. The molecule has 1 aliphatic carbocycles. The van der Waals surface area contributed by atoms with Crippen molar-refractivity contribution < 1.29 is 0 Å². The molecule has 78 valence electrons. The molecule has 14 heavy (non-hydrogen) atoms. The highest BCUT2D eigenvalue weighted by molar-refractivity contribution is 5.21. The summed E-state index contributed by atoms with van der Waals surface area (Å²) in [4.78, 5) is 0. The summed E-state index contributed by atoms with van der Waals surface area (Å²) in [6.07, 6.45) is 5.33. The van der Waals surface area contributed by atoms with Crippen molar-refractivity contribution in [1.29, 1.82) is 0 Å². The molecule has 0 spiro atoms. The topological polar surface area (TPSA) is 55.6 Å². The first kappa shape index (κ1) is 9.43. The highest BCUT2D eigenvalue weighted by Crippen LogP contribution is 2.37. The number of nitrogens with one attached hydrogen (secondary N) is 1. The van der Waals surface area contributed by atoms with Crippen molar-refractivity contribution in [2.24, 2.45) is 12.5 Å². The van der Waals surface area contributed by atoms with Gasteiger partial charge in [0.25, 0.3) is 0 Å². The molecule has 1 saturated carbocycles. The molecule has 0 aromatic carbocycles. The first-order valence-electron chi connectivity index (χ1n) is 5.16. The van der Waals surface area contributed by atoms with Crippen LogP contribution in [0.25, 0.3) is 0 Å².